The molecule has 0 radical (unpaired) electrons. The van der Waals surface area contributed by atoms with Crippen molar-refractivity contribution in [1.29, 1.82) is 0 Å². The van der Waals surface area contributed by atoms with E-state index in [9.17, 15) is 4.79 Å². The zero-order valence-corrected chi connectivity index (χ0v) is 17.7. The maximum atomic E-state index is 12.3. The molecule has 6 nitrogen and oxygen atoms in total. The number of likely N-dealkylation sites (tertiary alicyclic amines) is 1. The highest BCUT2D eigenvalue weighted by Crippen LogP contribution is 2.28. The Kier molecular flexibility index (Phi) is 8.75. The zero-order chi connectivity index (χ0) is 16.8. The van der Waals surface area contributed by atoms with Gasteiger partial charge in [-0.2, -0.15) is 0 Å². The second-order valence-electron chi connectivity index (χ2n) is 7.44. The SMILES string of the molecule is I.NC(=NCCN1CCN(C(=O)C2CCC2)CC1)N1CCCCCC1. The normalized spacial score (nSPS) is 23.6. The summed E-state index contributed by atoms with van der Waals surface area (Å²) in [6.45, 7) is 7.50. The molecule has 0 unspecified atom stereocenters. The minimum absolute atomic E-state index is 0. The number of hydrogen-bond acceptors (Lipinski definition) is 3. The molecule has 0 aromatic heterocycles. The van der Waals surface area contributed by atoms with E-state index in [2.05, 4.69) is 19.7 Å². The van der Waals surface area contributed by atoms with E-state index in [-0.39, 0.29) is 24.0 Å². The summed E-state index contributed by atoms with van der Waals surface area (Å²) < 4.78 is 0. The Bertz CT molecular complexity index is 439. The van der Waals surface area contributed by atoms with Crippen molar-refractivity contribution in [3.8, 4) is 0 Å². The Balaban J connectivity index is 0.00000225. The van der Waals surface area contributed by atoms with Crippen molar-refractivity contribution < 1.29 is 4.79 Å². The molecule has 3 fully saturated rings. The molecule has 0 spiro atoms. The van der Waals surface area contributed by atoms with Crippen LogP contribution in [0.2, 0.25) is 0 Å². The first-order valence-corrected chi connectivity index (χ1v) is 9.80. The molecule has 2 saturated heterocycles. The van der Waals surface area contributed by atoms with Crippen molar-refractivity contribution in [3.63, 3.8) is 0 Å². The molecular weight excluding hydrogens is 429 g/mol. The lowest BCUT2D eigenvalue weighted by Gasteiger charge is -2.38. The number of aliphatic imine (C=N–C) groups is 1. The molecule has 7 heteroatoms. The van der Waals surface area contributed by atoms with Crippen LogP contribution in [0.3, 0.4) is 0 Å². The van der Waals surface area contributed by atoms with E-state index < -0.39 is 0 Å². The topological polar surface area (TPSA) is 65.2 Å². The van der Waals surface area contributed by atoms with Gasteiger partial charge in [0.2, 0.25) is 5.91 Å². The van der Waals surface area contributed by atoms with Gasteiger partial charge in [0.15, 0.2) is 5.96 Å². The Morgan fingerprint density at radius 1 is 0.880 bits per heavy atom. The predicted octanol–water partition coefficient (Wildman–Crippen LogP) is 1.74. The lowest BCUT2D eigenvalue weighted by atomic mass is 9.84. The van der Waals surface area contributed by atoms with Crippen LogP contribution in [0, 0.1) is 5.92 Å². The van der Waals surface area contributed by atoms with Crippen LogP contribution < -0.4 is 5.73 Å². The molecule has 2 heterocycles. The van der Waals surface area contributed by atoms with Crippen molar-refractivity contribution in [2.45, 2.75) is 44.9 Å². The fourth-order valence-corrected chi connectivity index (χ4v) is 3.81. The molecule has 2 aliphatic heterocycles. The number of halogens is 1. The number of rotatable bonds is 4. The van der Waals surface area contributed by atoms with Crippen LogP contribution in [0.4, 0.5) is 0 Å². The van der Waals surface area contributed by atoms with Gasteiger partial charge in [-0.05, 0) is 25.7 Å². The van der Waals surface area contributed by atoms with Crippen molar-refractivity contribution in [1.82, 2.24) is 14.7 Å². The summed E-state index contributed by atoms with van der Waals surface area (Å²) in [5, 5.41) is 0. The Hall–Kier alpha value is -0.570. The molecule has 1 amide bonds. The van der Waals surface area contributed by atoms with Gasteiger partial charge in [0.05, 0.1) is 6.54 Å². The van der Waals surface area contributed by atoms with E-state index in [4.69, 9.17) is 5.73 Å². The summed E-state index contributed by atoms with van der Waals surface area (Å²) in [5.41, 5.74) is 6.15. The van der Waals surface area contributed by atoms with Crippen molar-refractivity contribution in [2.75, 3.05) is 52.4 Å². The first-order chi connectivity index (χ1) is 11.7. The Labute approximate surface area is 169 Å². The molecule has 0 aromatic carbocycles. The lowest BCUT2D eigenvalue weighted by Crippen LogP contribution is -2.51. The molecule has 3 rings (SSSR count). The molecule has 1 saturated carbocycles. The van der Waals surface area contributed by atoms with Crippen molar-refractivity contribution in [2.24, 2.45) is 16.6 Å². The summed E-state index contributed by atoms with van der Waals surface area (Å²) in [5.74, 6) is 1.44. The minimum atomic E-state index is 0. The predicted molar refractivity (Wildman–Crippen MR) is 112 cm³/mol. The van der Waals surface area contributed by atoms with E-state index in [1.807, 2.05) is 0 Å². The van der Waals surface area contributed by atoms with Gasteiger partial charge in [-0.15, -0.1) is 24.0 Å². The minimum Gasteiger partial charge on any atom is -0.370 e. The van der Waals surface area contributed by atoms with Crippen LogP contribution in [0.5, 0.6) is 0 Å². The second kappa shape index (κ2) is 10.5. The maximum Gasteiger partial charge on any atom is 0.225 e. The summed E-state index contributed by atoms with van der Waals surface area (Å²) in [7, 11) is 0. The van der Waals surface area contributed by atoms with Gasteiger partial charge in [0.25, 0.3) is 0 Å². The quantitative estimate of drug-likeness (QED) is 0.392. The largest absolute Gasteiger partial charge is 0.370 e. The third-order valence-electron chi connectivity index (χ3n) is 5.76. The summed E-state index contributed by atoms with van der Waals surface area (Å²) in [6.07, 6.45) is 8.52. The van der Waals surface area contributed by atoms with Crippen LogP contribution in [0.1, 0.15) is 44.9 Å². The number of hydrogen-bond donors (Lipinski definition) is 1. The standard InChI is InChI=1S/C18H33N5O.HI/c19-18(23-9-3-1-2-4-10-23)20-8-11-21-12-14-22(15-13-21)17(24)16-6-5-7-16;/h16H,1-15H2,(H2,19,20);1H. The highest BCUT2D eigenvalue weighted by Gasteiger charge is 2.30. The highest BCUT2D eigenvalue weighted by atomic mass is 127. The summed E-state index contributed by atoms with van der Waals surface area (Å²) >= 11 is 0. The van der Waals surface area contributed by atoms with Crippen LogP contribution in [0.25, 0.3) is 0 Å². The number of nitrogens with two attached hydrogens (primary N) is 1. The molecule has 0 bridgehead atoms. The summed E-state index contributed by atoms with van der Waals surface area (Å²) in [6, 6.07) is 0. The molecule has 25 heavy (non-hydrogen) atoms. The van der Waals surface area contributed by atoms with Gasteiger partial charge < -0.3 is 15.5 Å². The first kappa shape index (κ1) is 20.7. The molecule has 3 aliphatic rings. The van der Waals surface area contributed by atoms with Gasteiger partial charge in [-0.3, -0.25) is 14.7 Å². The number of amides is 1. The van der Waals surface area contributed by atoms with Crippen LogP contribution in [-0.2, 0) is 4.79 Å². The molecule has 1 aliphatic carbocycles. The lowest BCUT2D eigenvalue weighted by molar-refractivity contribution is -0.139. The highest BCUT2D eigenvalue weighted by molar-refractivity contribution is 14.0. The smallest absolute Gasteiger partial charge is 0.225 e. The maximum absolute atomic E-state index is 12.3. The number of carbonyl (C=O) groups excluding carboxylic acids is 1. The second-order valence-corrected chi connectivity index (χ2v) is 7.44. The van der Waals surface area contributed by atoms with Crippen molar-refractivity contribution >= 4 is 35.8 Å². The zero-order valence-electron chi connectivity index (χ0n) is 15.4. The average molecular weight is 463 g/mol. The van der Waals surface area contributed by atoms with Gasteiger partial charge in [-0.25, -0.2) is 0 Å². The van der Waals surface area contributed by atoms with E-state index >= 15 is 0 Å². The monoisotopic (exact) mass is 463 g/mol. The number of carbonyl (C=O) groups is 1. The summed E-state index contributed by atoms with van der Waals surface area (Å²) in [4.78, 5) is 23.6. The van der Waals surface area contributed by atoms with E-state index in [0.29, 0.717) is 11.8 Å². The van der Waals surface area contributed by atoms with Crippen LogP contribution in [0.15, 0.2) is 4.99 Å². The van der Waals surface area contributed by atoms with Gasteiger partial charge in [0.1, 0.15) is 0 Å². The third kappa shape index (κ3) is 5.98. The Morgan fingerprint density at radius 2 is 1.52 bits per heavy atom. The molecule has 2 N–H and O–H groups in total. The fourth-order valence-electron chi connectivity index (χ4n) is 3.81. The van der Waals surface area contributed by atoms with E-state index in [1.54, 1.807) is 0 Å². The van der Waals surface area contributed by atoms with Gasteiger partial charge in [0, 0.05) is 51.7 Å². The molecule has 144 valence electrons. The number of nitrogens with zero attached hydrogens (tertiary/aromatic N) is 4. The Morgan fingerprint density at radius 3 is 2.08 bits per heavy atom. The van der Waals surface area contributed by atoms with Gasteiger partial charge in [-0.1, -0.05) is 19.3 Å². The fraction of sp³-hybridized carbons (Fsp3) is 0.889. The first-order valence-electron chi connectivity index (χ1n) is 9.80. The molecule has 0 atom stereocenters. The van der Waals surface area contributed by atoms with Gasteiger partial charge >= 0.3 is 0 Å². The van der Waals surface area contributed by atoms with Crippen LogP contribution >= 0.6 is 24.0 Å². The molecule has 0 aromatic rings. The van der Waals surface area contributed by atoms with E-state index in [1.165, 1.54) is 32.1 Å². The van der Waals surface area contributed by atoms with Crippen molar-refractivity contribution in [3.05, 3.63) is 0 Å². The average Bonchev–Trinajstić information content (AvgIpc) is 2.83. The number of piperazine rings is 1. The third-order valence-corrected chi connectivity index (χ3v) is 5.76. The van der Waals surface area contributed by atoms with Crippen LogP contribution in [-0.4, -0.2) is 78.9 Å². The molecular formula is C18H34IN5O. The van der Waals surface area contributed by atoms with E-state index in [0.717, 1.165) is 71.2 Å². The number of guanidine groups is 1.